The molecule has 1 saturated heterocycles. The Kier molecular flexibility index (Phi) is 4.30. The predicted molar refractivity (Wildman–Crippen MR) is 74.1 cm³/mol. The number of hydrogen-bond donors (Lipinski definition) is 1. The zero-order valence-corrected chi connectivity index (χ0v) is 11.2. The summed E-state index contributed by atoms with van der Waals surface area (Å²) in [6, 6.07) is 1.64. The van der Waals surface area contributed by atoms with E-state index in [0.29, 0.717) is 23.7 Å². The average Bonchev–Trinajstić information content (AvgIpc) is 2.40. The van der Waals surface area contributed by atoms with Crippen molar-refractivity contribution in [1.29, 1.82) is 0 Å². The van der Waals surface area contributed by atoms with E-state index in [2.05, 4.69) is 9.88 Å². The summed E-state index contributed by atoms with van der Waals surface area (Å²) in [7, 11) is 0. The van der Waals surface area contributed by atoms with Gasteiger partial charge in [0, 0.05) is 24.6 Å². The number of anilines is 2. The van der Waals surface area contributed by atoms with E-state index in [-0.39, 0.29) is 5.97 Å². The molecule has 0 radical (unpaired) electrons. The van der Waals surface area contributed by atoms with Gasteiger partial charge in [0.15, 0.2) is 0 Å². The molecular weight excluding hydrogens is 250 g/mol. The van der Waals surface area contributed by atoms with Crippen LogP contribution in [0.25, 0.3) is 0 Å². The lowest BCUT2D eigenvalue weighted by atomic mass is 10.2. The molecule has 2 rings (SSSR count). The van der Waals surface area contributed by atoms with Crippen LogP contribution in [0.3, 0.4) is 0 Å². The lowest BCUT2D eigenvalue weighted by molar-refractivity contribution is 0.0526. The Balaban J connectivity index is 2.30. The molecule has 1 aliphatic heterocycles. The normalized spacial score (nSPS) is 15.5. The van der Waals surface area contributed by atoms with Gasteiger partial charge >= 0.3 is 5.97 Å². The Morgan fingerprint density at radius 2 is 2.28 bits per heavy atom. The Hall–Kier alpha value is -1.43. The number of nitrogen functional groups attached to an aromatic ring is 1. The van der Waals surface area contributed by atoms with Gasteiger partial charge in [-0.1, -0.05) is 0 Å². The number of ether oxygens (including phenoxy) is 1. The zero-order chi connectivity index (χ0) is 13.0. The molecular formula is C12H17N3O2S. The maximum Gasteiger partial charge on any atom is 0.341 e. The molecule has 0 atom stereocenters. The number of nitrogens with two attached hydrogens (primary N) is 1. The van der Waals surface area contributed by atoms with E-state index in [1.807, 2.05) is 11.8 Å². The van der Waals surface area contributed by atoms with Crippen LogP contribution in [-0.4, -0.2) is 42.2 Å². The van der Waals surface area contributed by atoms with Gasteiger partial charge in [0.2, 0.25) is 0 Å². The van der Waals surface area contributed by atoms with Gasteiger partial charge in [0.25, 0.3) is 0 Å². The van der Waals surface area contributed by atoms with E-state index in [0.717, 1.165) is 24.6 Å². The van der Waals surface area contributed by atoms with Crippen molar-refractivity contribution in [3.8, 4) is 0 Å². The van der Waals surface area contributed by atoms with Crippen LogP contribution in [-0.2, 0) is 4.74 Å². The number of thioether (sulfide) groups is 1. The number of hydrogen-bond acceptors (Lipinski definition) is 6. The summed E-state index contributed by atoms with van der Waals surface area (Å²) in [5, 5.41) is 0. The van der Waals surface area contributed by atoms with E-state index in [1.54, 1.807) is 19.2 Å². The molecule has 1 fully saturated rings. The minimum Gasteiger partial charge on any atom is -0.462 e. The van der Waals surface area contributed by atoms with Crippen LogP contribution in [0.15, 0.2) is 12.3 Å². The molecule has 18 heavy (non-hydrogen) atoms. The van der Waals surface area contributed by atoms with E-state index < -0.39 is 0 Å². The van der Waals surface area contributed by atoms with Crippen LogP contribution < -0.4 is 10.6 Å². The van der Waals surface area contributed by atoms with Crippen molar-refractivity contribution in [3.63, 3.8) is 0 Å². The van der Waals surface area contributed by atoms with Gasteiger partial charge in [-0.05, 0) is 13.0 Å². The van der Waals surface area contributed by atoms with Gasteiger partial charge in [-0.15, -0.1) is 0 Å². The third-order valence-electron chi connectivity index (χ3n) is 2.69. The van der Waals surface area contributed by atoms with Crippen LogP contribution in [0.2, 0.25) is 0 Å². The maximum atomic E-state index is 11.9. The second-order valence-electron chi connectivity index (χ2n) is 3.96. The first-order valence-corrected chi connectivity index (χ1v) is 7.13. The fourth-order valence-electron chi connectivity index (χ4n) is 1.86. The highest BCUT2D eigenvalue weighted by atomic mass is 32.2. The van der Waals surface area contributed by atoms with E-state index in [1.165, 1.54) is 0 Å². The molecule has 0 spiro atoms. The highest BCUT2D eigenvalue weighted by Gasteiger charge is 2.21. The molecule has 6 heteroatoms. The standard InChI is InChI=1S/C12H17N3O2S/c1-2-17-12(16)10-7-9(13)8-14-11(10)15-3-5-18-6-4-15/h7-8H,2-6,13H2,1H3. The second-order valence-corrected chi connectivity index (χ2v) is 5.18. The molecule has 0 saturated carbocycles. The molecule has 0 unspecified atom stereocenters. The Labute approximate surface area is 111 Å². The Morgan fingerprint density at radius 1 is 1.56 bits per heavy atom. The zero-order valence-electron chi connectivity index (χ0n) is 10.4. The summed E-state index contributed by atoms with van der Waals surface area (Å²) < 4.78 is 5.05. The molecule has 0 aromatic carbocycles. The molecule has 0 aliphatic carbocycles. The largest absolute Gasteiger partial charge is 0.462 e. The molecule has 2 N–H and O–H groups in total. The topological polar surface area (TPSA) is 68.5 Å². The van der Waals surface area contributed by atoms with Crippen LogP contribution >= 0.6 is 11.8 Å². The monoisotopic (exact) mass is 267 g/mol. The number of esters is 1. The first-order valence-electron chi connectivity index (χ1n) is 5.97. The van der Waals surface area contributed by atoms with Gasteiger partial charge in [-0.3, -0.25) is 0 Å². The fourth-order valence-corrected chi connectivity index (χ4v) is 2.76. The van der Waals surface area contributed by atoms with Crippen molar-refractivity contribution in [1.82, 2.24) is 4.98 Å². The number of aromatic nitrogens is 1. The lowest BCUT2D eigenvalue weighted by Crippen LogP contribution is -2.34. The van der Waals surface area contributed by atoms with Crippen molar-refractivity contribution < 1.29 is 9.53 Å². The van der Waals surface area contributed by atoms with Crippen LogP contribution in [0.5, 0.6) is 0 Å². The summed E-state index contributed by atoms with van der Waals surface area (Å²) in [6.45, 7) is 3.93. The van der Waals surface area contributed by atoms with Gasteiger partial charge < -0.3 is 15.4 Å². The van der Waals surface area contributed by atoms with Crippen molar-refractivity contribution in [2.75, 3.05) is 41.8 Å². The number of carbonyl (C=O) groups excluding carboxylic acids is 1. The summed E-state index contributed by atoms with van der Waals surface area (Å²) in [5.74, 6) is 2.43. The first-order chi connectivity index (χ1) is 8.72. The number of nitrogens with zero attached hydrogens (tertiary/aromatic N) is 2. The van der Waals surface area contributed by atoms with E-state index >= 15 is 0 Å². The average molecular weight is 267 g/mol. The molecule has 98 valence electrons. The third-order valence-corrected chi connectivity index (χ3v) is 3.64. The van der Waals surface area contributed by atoms with E-state index in [9.17, 15) is 4.79 Å². The molecule has 1 aromatic rings. The Bertz CT molecular complexity index is 433. The van der Waals surface area contributed by atoms with E-state index in [4.69, 9.17) is 10.5 Å². The lowest BCUT2D eigenvalue weighted by Gasteiger charge is -2.28. The van der Waals surface area contributed by atoms with Gasteiger partial charge in [0.1, 0.15) is 11.4 Å². The van der Waals surface area contributed by atoms with Crippen molar-refractivity contribution in [3.05, 3.63) is 17.8 Å². The summed E-state index contributed by atoms with van der Waals surface area (Å²) in [5.41, 5.74) is 6.64. The molecule has 0 amide bonds. The fraction of sp³-hybridized carbons (Fsp3) is 0.500. The van der Waals surface area contributed by atoms with Crippen LogP contribution in [0.4, 0.5) is 11.5 Å². The summed E-state index contributed by atoms with van der Waals surface area (Å²) in [4.78, 5) is 18.3. The molecule has 0 bridgehead atoms. The molecule has 5 nitrogen and oxygen atoms in total. The quantitative estimate of drug-likeness (QED) is 0.835. The molecule has 2 heterocycles. The highest BCUT2D eigenvalue weighted by molar-refractivity contribution is 7.99. The smallest absolute Gasteiger partial charge is 0.341 e. The van der Waals surface area contributed by atoms with Gasteiger partial charge in [-0.25, -0.2) is 9.78 Å². The third kappa shape index (κ3) is 2.87. The summed E-state index contributed by atoms with van der Waals surface area (Å²) >= 11 is 1.91. The SMILES string of the molecule is CCOC(=O)c1cc(N)cnc1N1CCSCC1. The molecule has 1 aromatic heterocycles. The van der Waals surface area contributed by atoms with Crippen molar-refractivity contribution in [2.24, 2.45) is 0 Å². The van der Waals surface area contributed by atoms with Gasteiger partial charge in [-0.2, -0.15) is 11.8 Å². The van der Waals surface area contributed by atoms with Crippen LogP contribution in [0.1, 0.15) is 17.3 Å². The van der Waals surface area contributed by atoms with Crippen molar-refractivity contribution in [2.45, 2.75) is 6.92 Å². The number of carbonyl (C=O) groups is 1. The van der Waals surface area contributed by atoms with Crippen molar-refractivity contribution >= 4 is 29.2 Å². The minimum absolute atomic E-state index is 0.350. The molecule has 1 aliphatic rings. The highest BCUT2D eigenvalue weighted by Crippen LogP contribution is 2.23. The second kappa shape index (κ2) is 5.95. The summed E-state index contributed by atoms with van der Waals surface area (Å²) in [6.07, 6.45) is 1.58. The first kappa shape index (κ1) is 13.0. The Morgan fingerprint density at radius 3 is 2.94 bits per heavy atom. The minimum atomic E-state index is -0.356. The predicted octanol–water partition coefficient (Wildman–Crippen LogP) is 1.39. The number of pyridine rings is 1. The van der Waals surface area contributed by atoms with Crippen LogP contribution in [0, 0.1) is 0 Å². The van der Waals surface area contributed by atoms with Gasteiger partial charge in [0.05, 0.1) is 18.5 Å². The maximum absolute atomic E-state index is 11.9. The number of rotatable bonds is 3.